The minimum Gasteiger partial charge on any atom is -0.382 e. The van der Waals surface area contributed by atoms with Crippen LogP contribution in [0.25, 0.3) is 5.82 Å². The number of amides is 1. The van der Waals surface area contributed by atoms with E-state index in [1.54, 1.807) is 11.9 Å². The summed E-state index contributed by atoms with van der Waals surface area (Å²) in [5, 5.41) is 6.58. The largest absolute Gasteiger partial charge is 0.417 e. The first-order valence-electron chi connectivity index (χ1n) is 9.50. The Labute approximate surface area is 186 Å². The molecule has 0 saturated heterocycles. The van der Waals surface area contributed by atoms with Gasteiger partial charge in [-0.15, -0.1) is 0 Å². The number of aromatic nitrogens is 3. The summed E-state index contributed by atoms with van der Waals surface area (Å²) in [6.07, 6.45) is -2.52. The number of benzene rings is 1. The number of rotatable bonds is 7. The molecule has 32 heavy (non-hydrogen) atoms. The van der Waals surface area contributed by atoms with Crippen molar-refractivity contribution in [2.24, 2.45) is 0 Å². The van der Waals surface area contributed by atoms with Crippen LogP contribution in [-0.4, -0.2) is 39.2 Å². The van der Waals surface area contributed by atoms with Gasteiger partial charge in [0, 0.05) is 32.8 Å². The van der Waals surface area contributed by atoms with Gasteiger partial charge in [-0.1, -0.05) is 41.9 Å². The van der Waals surface area contributed by atoms with Crippen molar-refractivity contribution in [3.05, 3.63) is 81.4 Å². The molecule has 0 aliphatic carbocycles. The van der Waals surface area contributed by atoms with E-state index in [4.69, 9.17) is 11.6 Å². The van der Waals surface area contributed by atoms with Crippen molar-refractivity contribution in [2.45, 2.75) is 19.1 Å². The fourth-order valence-corrected chi connectivity index (χ4v) is 3.03. The highest BCUT2D eigenvalue weighted by Crippen LogP contribution is 2.28. The molecule has 0 bridgehead atoms. The fourth-order valence-electron chi connectivity index (χ4n) is 2.84. The molecule has 0 spiro atoms. The minimum atomic E-state index is -4.54. The molecule has 7 nitrogen and oxygen atoms in total. The van der Waals surface area contributed by atoms with Gasteiger partial charge in [-0.05, 0) is 17.7 Å². The number of nitrogens with one attached hydrogen (secondary N) is 1. The van der Waals surface area contributed by atoms with E-state index in [0.29, 0.717) is 12.7 Å². The van der Waals surface area contributed by atoms with Crippen LogP contribution in [-0.2, 0) is 17.5 Å². The molecule has 0 atom stereocenters. The van der Waals surface area contributed by atoms with Crippen LogP contribution in [0.3, 0.4) is 0 Å². The van der Waals surface area contributed by atoms with E-state index in [1.807, 2.05) is 30.3 Å². The summed E-state index contributed by atoms with van der Waals surface area (Å²) >= 11 is 6.10. The number of alkyl halides is 3. The van der Waals surface area contributed by atoms with Gasteiger partial charge in [-0.2, -0.15) is 23.0 Å². The van der Waals surface area contributed by atoms with E-state index in [0.717, 1.165) is 22.4 Å². The summed E-state index contributed by atoms with van der Waals surface area (Å²) in [7, 11) is 1.70. The lowest BCUT2D eigenvalue weighted by Gasteiger charge is -2.17. The van der Waals surface area contributed by atoms with Crippen LogP contribution in [0.2, 0.25) is 5.02 Å². The molecule has 1 amide bonds. The molecule has 0 saturated carbocycles. The topological polar surface area (TPSA) is 80.1 Å². The van der Waals surface area contributed by atoms with Gasteiger partial charge < -0.3 is 10.2 Å². The molecule has 11 heteroatoms. The summed E-state index contributed by atoms with van der Waals surface area (Å²) in [5.41, 5.74) is -0.487. The van der Waals surface area contributed by atoms with Gasteiger partial charge in [0.05, 0.1) is 17.4 Å². The summed E-state index contributed by atoms with van der Waals surface area (Å²) in [6, 6.07) is 11.4. The lowest BCUT2D eigenvalue weighted by Crippen LogP contribution is -2.28. The molecule has 0 fully saturated rings. The molecule has 3 aromatic rings. The Balaban J connectivity index is 1.62. The number of halogens is 4. The van der Waals surface area contributed by atoms with Crippen molar-refractivity contribution in [1.29, 1.82) is 0 Å². The number of hydrogen-bond acceptors (Lipinski definition) is 5. The maximum atomic E-state index is 12.7. The first-order valence-corrected chi connectivity index (χ1v) is 9.88. The fraction of sp³-hybridized carbons (Fsp3) is 0.238. The number of carbonyl (C=O) groups is 1. The predicted octanol–water partition coefficient (Wildman–Crippen LogP) is 3.76. The van der Waals surface area contributed by atoms with Crippen LogP contribution in [0.1, 0.15) is 17.5 Å². The van der Waals surface area contributed by atoms with Gasteiger partial charge in [0.15, 0.2) is 5.82 Å². The molecule has 0 radical (unpaired) electrons. The van der Waals surface area contributed by atoms with Crippen molar-refractivity contribution in [3.63, 3.8) is 0 Å². The molecule has 0 aliphatic rings. The number of hydrogen-bond donors (Lipinski definition) is 1. The third-order valence-electron chi connectivity index (χ3n) is 4.55. The van der Waals surface area contributed by atoms with Gasteiger partial charge in [0.2, 0.25) is 5.91 Å². The Hall–Kier alpha value is -3.40. The van der Waals surface area contributed by atoms with Crippen molar-refractivity contribution >= 4 is 23.2 Å². The molecular weight excluding hydrogens is 447 g/mol. The average Bonchev–Trinajstić information content (AvgIpc) is 2.77. The van der Waals surface area contributed by atoms with Crippen LogP contribution >= 0.6 is 11.6 Å². The average molecular weight is 466 g/mol. The van der Waals surface area contributed by atoms with Crippen LogP contribution in [0, 0.1) is 0 Å². The second kappa shape index (κ2) is 9.82. The van der Waals surface area contributed by atoms with E-state index < -0.39 is 17.3 Å². The molecular formula is C21H19ClF3N5O2. The van der Waals surface area contributed by atoms with Crippen LogP contribution in [0.5, 0.6) is 0 Å². The quantitative estimate of drug-likeness (QED) is 0.574. The summed E-state index contributed by atoms with van der Waals surface area (Å²) in [5.74, 6) is -0.207. The van der Waals surface area contributed by atoms with Gasteiger partial charge in [-0.3, -0.25) is 9.59 Å². The molecule has 0 aliphatic heterocycles. The monoisotopic (exact) mass is 465 g/mol. The third kappa shape index (κ3) is 5.64. The Bertz CT molecular complexity index is 1130. The highest BCUT2D eigenvalue weighted by molar-refractivity contribution is 6.32. The van der Waals surface area contributed by atoms with Crippen molar-refractivity contribution in [1.82, 2.24) is 19.7 Å². The zero-order chi connectivity index (χ0) is 23.3. The lowest BCUT2D eigenvalue weighted by atomic mass is 10.2. The molecule has 1 N–H and O–H groups in total. The molecule has 3 rings (SSSR count). The maximum absolute atomic E-state index is 12.7. The minimum absolute atomic E-state index is 0.103. The zero-order valence-electron chi connectivity index (χ0n) is 16.9. The molecule has 2 aromatic heterocycles. The maximum Gasteiger partial charge on any atom is 0.417 e. The van der Waals surface area contributed by atoms with E-state index in [2.05, 4.69) is 15.4 Å². The molecule has 0 unspecified atom stereocenters. The first-order chi connectivity index (χ1) is 15.2. The third-order valence-corrected chi connectivity index (χ3v) is 4.92. The van der Waals surface area contributed by atoms with E-state index >= 15 is 0 Å². The highest BCUT2D eigenvalue weighted by atomic mass is 35.5. The zero-order valence-corrected chi connectivity index (χ0v) is 17.7. The Kier molecular flexibility index (Phi) is 7.14. The number of carbonyl (C=O) groups excluding carboxylic acids is 1. The Morgan fingerprint density at radius 1 is 1.16 bits per heavy atom. The predicted molar refractivity (Wildman–Crippen MR) is 114 cm³/mol. The van der Waals surface area contributed by atoms with E-state index in [9.17, 15) is 22.8 Å². The van der Waals surface area contributed by atoms with Gasteiger partial charge in [0.1, 0.15) is 5.02 Å². The van der Waals surface area contributed by atoms with Crippen LogP contribution in [0.15, 0.2) is 59.7 Å². The second-order valence-corrected chi connectivity index (χ2v) is 7.28. The van der Waals surface area contributed by atoms with E-state index in [-0.39, 0.29) is 35.4 Å². The summed E-state index contributed by atoms with van der Waals surface area (Å²) in [4.78, 5) is 30.0. The van der Waals surface area contributed by atoms with Gasteiger partial charge in [-0.25, -0.2) is 4.98 Å². The number of pyridine rings is 1. The van der Waals surface area contributed by atoms with Crippen molar-refractivity contribution in [2.75, 3.05) is 18.9 Å². The Morgan fingerprint density at radius 2 is 1.88 bits per heavy atom. The smallest absolute Gasteiger partial charge is 0.382 e. The van der Waals surface area contributed by atoms with E-state index in [1.165, 1.54) is 6.20 Å². The molecule has 168 valence electrons. The van der Waals surface area contributed by atoms with Gasteiger partial charge in [0.25, 0.3) is 5.56 Å². The number of nitrogens with zero attached hydrogens (tertiary/aromatic N) is 4. The first kappa shape index (κ1) is 23.3. The normalized spacial score (nSPS) is 11.3. The molecule has 1 aromatic carbocycles. The highest BCUT2D eigenvalue weighted by Gasteiger charge is 2.30. The lowest BCUT2D eigenvalue weighted by molar-refractivity contribution is -0.137. The van der Waals surface area contributed by atoms with Crippen molar-refractivity contribution in [3.8, 4) is 5.82 Å². The van der Waals surface area contributed by atoms with Crippen LogP contribution in [0.4, 0.5) is 18.9 Å². The van der Waals surface area contributed by atoms with Crippen molar-refractivity contribution < 1.29 is 18.0 Å². The molecule has 2 heterocycles. The van der Waals surface area contributed by atoms with Gasteiger partial charge >= 0.3 is 6.18 Å². The van der Waals surface area contributed by atoms with Crippen LogP contribution < -0.4 is 10.9 Å². The summed E-state index contributed by atoms with van der Waals surface area (Å²) < 4.78 is 38.8. The standard InChI is InChI=1S/C21H19ClF3N5O2/c1-29(13-14-5-3-2-4-6-14)18(31)9-10-26-16-12-28-30(20(32)19(16)22)17-8-7-15(11-27-17)21(23,24)25/h2-8,11-12,26H,9-10,13H2,1H3. The second-order valence-electron chi connectivity index (χ2n) is 6.90. The summed E-state index contributed by atoms with van der Waals surface area (Å²) in [6.45, 7) is 0.680. The number of anilines is 1. The Morgan fingerprint density at radius 3 is 2.50 bits per heavy atom. The SMILES string of the molecule is CN(Cc1ccccc1)C(=O)CCNc1cnn(-c2ccc(C(F)(F)F)cn2)c(=O)c1Cl.